The van der Waals surface area contributed by atoms with Gasteiger partial charge in [0.15, 0.2) is 0 Å². The van der Waals surface area contributed by atoms with Crippen LogP contribution in [0, 0.1) is 0 Å². The maximum Gasteiger partial charge on any atom is -0.0376 e. The van der Waals surface area contributed by atoms with Crippen LogP contribution in [0.4, 0.5) is 0 Å². The van der Waals surface area contributed by atoms with Crippen molar-refractivity contribution in [3.05, 3.63) is 24.0 Å². The fourth-order valence-corrected chi connectivity index (χ4v) is 0.407. The number of rotatable bonds is 2. The minimum atomic E-state index is 1.12. The highest BCUT2D eigenvalue weighted by molar-refractivity contribution is 7.20. The Morgan fingerprint density at radius 1 is 1.43 bits per heavy atom. The largest absolute Gasteiger partial charge is 0.114 e. The molecule has 0 N–H and O–H groups in total. The minimum Gasteiger partial charge on any atom is -0.114 e. The van der Waals surface area contributed by atoms with Gasteiger partial charge in [-0.2, -0.15) is 0 Å². The summed E-state index contributed by atoms with van der Waals surface area (Å²) >= 11 is 0. The van der Waals surface area contributed by atoms with E-state index in [2.05, 4.69) is 22.2 Å². The zero-order chi connectivity index (χ0) is 5.54. The Morgan fingerprint density at radius 3 is 2.57 bits per heavy atom. The summed E-state index contributed by atoms with van der Waals surface area (Å²) in [6.07, 6.45) is 7.26. The molecule has 0 spiro atoms. The van der Waals surface area contributed by atoms with E-state index in [0.717, 1.165) is 6.42 Å². The number of allylic oxidation sites excluding steroid dienone is 3. The molecule has 1 atom stereocenters. The van der Waals surface area contributed by atoms with Crippen molar-refractivity contribution < 1.29 is 0 Å². The van der Waals surface area contributed by atoms with Crippen molar-refractivity contribution >= 4 is 9.24 Å². The summed E-state index contributed by atoms with van der Waals surface area (Å²) in [4.78, 5) is 0. The average molecular weight is 114 g/mol. The molecule has 0 saturated carbocycles. The first kappa shape index (κ1) is 6.91. The Morgan fingerprint density at radius 2 is 2.14 bits per heavy atom. The molecule has 1 heteroatoms. The van der Waals surface area contributed by atoms with Crippen molar-refractivity contribution in [3.8, 4) is 0 Å². The Hall–Kier alpha value is -0.0900. The maximum atomic E-state index is 2.52. The monoisotopic (exact) mass is 114 g/mol. The van der Waals surface area contributed by atoms with Crippen LogP contribution in [0.3, 0.4) is 0 Å². The fraction of sp³-hybridized carbons (Fsp3) is 0.333. The highest BCUT2D eigenvalue weighted by atomic mass is 31.0. The highest BCUT2D eigenvalue weighted by Gasteiger charge is 1.57. The molecular weight excluding hydrogens is 103 g/mol. The SMILES string of the molecule is CC/C=C\C=C/P. The molecule has 0 fully saturated rings. The summed E-state index contributed by atoms with van der Waals surface area (Å²) in [6.45, 7) is 2.12. The third-order valence-electron chi connectivity index (χ3n) is 0.594. The van der Waals surface area contributed by atoms with E-state index in [9.17, 15) is 0 Å². The highest BCUT2D eigenvalue weighted by Crippen LogP contribution is 1.85. The van der Waals surface area contributed by atoms with E-state index in [1.807, 2.05) is 18.0 Å². The van der Waals surface area contributed by atoms with Gasteiger partial charge in [0.1, 0.15) is 0 Å². The smallest absolute Gasteiger partial charge is 0.0376 e. The van der Waals surface area contributed by atoms with E-state index < -0.39 is 0 Å². The zero-order valence-corrected chi connectivity index (χ0v) is 5.75. The van der Waals surface area contributed by atoms with E-state index in [1.54, 1.807) is 0 Å². The third kappa shape index (κ3) is 5.91. The lowest BCUT2D eigenvalue weighted by Gasteiger charge is -1.70. The molecule has 0 radical (unpaired) electrons. The molecule has 0 aliphatic rings. The Bertz CT molecular complexity index is 72.2. The molecule has 0 aliphatic heterocycles. The van der Waals surface area contributed by atoms with Gasteiger partial charge in [-0.05, 0) is 6.42 Å². The van der Waals surface area contributed by atoms with Crippen LogP contribution < -0.4 is 0 Å². The molecule has 0 aliphatic carbocycles. The molecule has 0 bridgehead atoms. The van der Waals surface area contributed by atoms with Crippen LogP contribution in [0.15, 0.2) is 24.0 Å². The van der Waals surface area contributed by atoms with Crippen molar-refractivity contribution in [1.29, 1.82) is 0 Å². The van der Waals surface area contributed by atoms with Gasteiger partial charge in [-0.25, -0.2) is 0 Å². The minimum absolute atomic E-state index is 1.12. The predicted octanol–water partition coefficient (Wildman–Crippen LogP) is 2.34. The fourth-order valence-electron chi connectivity index (χ4n) is 0.279. The molecule has 0 saturated heterocycles. The molecule has 40 valence electrons. The van der Waals surface area contributed by atoms with Gasteiger partial charge in [0, 0.05) is 0 Å². The first-order valence-electron chi connectivity index (χ1n) is 2.45. The predicted molar refractivity (Wildman–Crippen MR) is 38.3 cm³/mol. The quantitative estimate of drug-likeness (QED) is 0.382. The topological polar surface area (TPSA) is 0 Å². The summed E-state index contributed by atoms with van der Waals surface area (Å²) in [5.74, 6) is 1.94. The average Bonchev–Trinajstić information content (AvgIpc) is 1.69. The standard InChI is InChI=1S/C6H11P/c1-2-3-4-5-6-7/h3-6H,2,7H2,1H3/b4-3-,6-5-. The molecule has 0 heterocycles. The van der Waals surface area contributed by atoms with Crippen LogP contribution in [0.1, 0.15) is 13.3 Å². The van der Waals surface area contributed by atoms with E-state index >= 15 is 0 Å². The lowest BCUT2D eigenvalue weighted by atomic mass is 10.4. The van der Waals surface area contributed by atoms with E-state index in [-0.39, 0.29) is 0 Å². The maximum absolute atomic E-state index is 2.52. The molecule has 0 aromatic carbocycles. The van der Waals surface area contributed by atoms with E-state index in [1.165, 1.54) is 0 Å². The summed E-state index contributed by atoms with van der Waals surface area (Å²) in [5, 5.41) is 0. The van der Waals surface area contributed by atoms with Crippen LogP contribution in [0.2, 0.25) is 0 Å². The third-order valence-corrected chi connectivity index (χ3v) is 0.816. The molecule has 0 nitrogen and oxygen atoms in total. The number of hydrogen-bond acceptors (Lipinski definition) is 0. The van der Waals surface area contributed by atoms with Crippen LogP contribution in [-0.2, 0) is 0 Å². The summed E-state index contributed by atoms with van der Waals surface area (Å²) < 4.78 is 0. The van der Waals surface area contributed by atoms with Crippen LogP contribution in [-0.4, -0.2) is 0 Å². The van der Waals surface area contributed by atoms with Crippen molar-refractivity contribution in [1.82, 2.24) is 0 Å². The summed E-state index contributed by atoms with van der Waals surface area (Å²) in [7, 11) is 2.52. The van der Waals surface area contributed by atoms with Crippen molar-refractivity contribution in [2.75, 3.05) is 0 Å². The van der Waals surface area contributed by atoms with Gasteiger partial charge in [0.05, 0.1) is 0 Å². The lowest BCUT2D eigenvalue weighted by molar-refractivity contribution is 1.22. The van der Waals surface area contributed by atoms with Gasteiger partial charge in [-0.15, -0.1) is 9.24 Å². The van der Waals surface area contributed by atoms with Crippen molar-refractivity contribution in [2.24, 2.45) is 0 Å². The summed E-state index contributed by atoms with van der Waals surface area (Å²) in [5.41, 5.74) is 0. The Balaban J connectivity index is 3.09. The van der Waals surface area contributed by atoms with Crippen molar-refractivity contribution in [2.45, 2.75) is 13.3 Å². The summed E-state index contributed by atoms with van der Waals surface area (Å²) in [6, 6.07) is 0. The molecule has 0 amide bonds. The van der Waals surface area contributed by atoms with Crippen LogP contribution in [0.25, 0.3) is 0 Å². The molecule has 0 aromatic heterocycles. The van der Waals surface area contributed by atoms with Gasteiger partial charge in [0.2, 0.25) is 0 Å². The second-order valence-corrected chi connectivity index (χ2v) is 1.61. The first-order valence-corrected chi connectivity index (χ1v) is 3.12. The Kier molecular flexibility index (Phi) is 5.83. The van der Waals surface area contributed by atoms with Gasteiger partial charge < -0.3 is 0 Å². The Labute approximate surface area is 47.5 Å². The van der Waals surface area contributed by atoms with Gasteiger partial charge >= 0.3 is 0 Å². The second-order valence-electron chi connectivity index (χ2n) is 1.22. The first-order chi connectivity index (χ1) is 3.41. The molecule has 7 heavy (non-hydrogen) atoms. The number of hydrogen-bond donors (Lipinski definition) is 0. The van der Waals surface area contributed by atoms with Crippen LogP contribution >= 0.6 is 9.24 Å². The molecular formula is C6H11P. The molecule has 1 unspecified atom stereocenters. The van der Waals surface area contributed by atoms with Crippen molar-refractivity contribution in [3.63, 3.8) is 0 Å². The van der Waals surface area contributed by atoms with Crippen LogP contribution in [0.5, 0.6) is 0 Å². The zero-order valence-electron chi connectivity index (χ0n) is 4.59. The van der Waals surface area contributed by atoms with Gasteiger partial charge in [0.25, 0.3) is 0 Å². The van der Waals surface area contributed by atoms with E-state index in [4.69, 9.17) is 0 Å². The van der Waals surface area contributed by atoms with Gasteiger partial charge in [-0.3, -0.25) is 0 Å². The lowest BCUT2D eigenvalue weighted by Crippen LogP contribution is -1.47. The molecule has 0 aromatic rings. The van der Waals surface area contributed by atoms with Gasteiger partial charge in [-0.1, -0.05) is 31.0 Å². The second kappa shape index (κ2) is 5.91. The molecule has 0 rings (SSSR count). The van der Waals surface area contributed by atoms with E-state index in [0.29, 0.717) is 0 Å². The normalized spacial score (nSPS) is 11.7.